The van der Waals surface area contributed by atoms with Crippen molar-refractivity contribution in [3.05, 3.63) is 22.5 Å². The summed E-state index contributed by atoms with van der Waals surface area (Å²) < 4.78 is 0. The number of hydrogen-bond acceptors (Lipinski definition) is 3. The molecule has 1 aromatic heterocycles. The molecule has 0 amide bonds. The summed E-state index contributed by atoms with van der Waals surface area (Å²) in [4.78, 5) is 4.85. The van der Waals surface area contributed by atoms with Crippen molar-refractivity contribution >= 4 is 5.69 Å². The number of fused-ring (bicyclic) bond motifs is 2. The molecular formula is C13H19N3. The van der Waals surface area contributed by atoms with E-state index in [0.29, 0.717) is 0 Å². The molecule has 2 heterocycles. The minimum Gasteiger partial charge on any atom is -0.398 e. The summed E-state index contributed by atoms with van der Waals surface area (Å²) in [5.74, 6) is 0. The maximum absolute atomic E-state index is 6.31. The normalized spacial score (nSPS) is 19.8. The summed E-state index contributed by atoms with van der Waals surface area (Å²) in [7, 11) is 0. The Morgan fingerprint density at radius 3 is 2.69 bits per heavy atom. The van der Waals surface area contributed by atoms with Gasteiger partial charge in [0.05, 0.1) is 0 Å². The van der Waals surface area contributed by atoms with Gasteiger partial charge in [-0.2, -0.15) is 0 Å². The first-order valence-corrected chi connectivity index (χ1v) is 6.36. The lowest BCUT2D eigenvalue weighted by Crippen LogP contribution is -2.27. The SMILES string of the molecule is Nc1c2c(nc3c1CNCC3)CCCCC2. The first-order chi connectivity index (χ1) is 7.86. The molecule has 0 spiro atoms. The van der Waals surface area contributed by atoms with E-state index in [1.807, 2.05) is 0 Å². The molecule has 16 heavy (non-hydrogen) atoms. The smallest absolute Gasteiger partial charge is 0.0485 e. The van der Waals surface area contributed by atoms with Gasteiger partial charge in [0, 0.05) is 42.1 Å². The van der Waals surface area contributed by atoms with Crippen LogP contribution in [0.15, 0.2) is 0 Å². The number of nitrogens with zero attached hydrogens (tertiary/aromatic N) is 1. The van der Waals surface area contributed by atoms with Crippen LogP contribution in [0.25, 0.3) is 0 Å². The van der Waals surface area contributed by atoms with Gasteiger partial charge in [-0.1, -0.05) is 6.42 Å². The Morgan fingerprint density at radius 2 is 1.75 bits per heavy atom. The van der Waals surface area contributed by atoms with E-state index in [9.17, 15) is 0 Å². The van der Waals surface area contributed by atoms with Crippen molar-refractivity contribution in [2.24, 2.45) is 0 Å². The van der Waals surface area contributed by atoms with Crippen LogP contribution in [0.4, 0.5) is 5.69 Å². The molecule has 2 aliphatic rings. The van der Waals surface area contributed by atoms with Gasteiger partial charge in [0.1, 0.15) is 0 Å². The van der Waals surface area contributed by atoms with Crippen molar-refractivity contribution in [2.45, 2.75) is 45.1 Å². The van der Waals surface area contributed by atoms with Crippen LogP contribution in [0.1, 0.15) is 41.8 Å². The standard InChI is InChI=1S/C13H19N3/c14-13-9-4-2-1-3-5-11(9)16-12-6-7-15-8-10(12)13/h15H,1-8H2,(H2,14,16). The average Bonchev–Trinajstić information content (AvgIpc) is 2.55. The van der Waals surface area contributed by atoms with E-state index in [-0.39, 0.29) is 0 Å². The Kier molecular flexibility index (Phi) is 2.56. The van der Waals surface area contributed by atoms with Crippen LogP contribution in [0.5, 0.6) is 0 Å². The number of pyridine rings is 1. The molecule has 0 saturated carbocycles. The third-order valence-corrected chi connectivity index (χ3v) is 3.80. The maximum atomic E-state index is 6.31. The van der Waals surface area contributed by atoms with E-state index >= 15 is 0 Å². The van der Waals surface area contributed by atoms with Crippen LogP contribution in [-0.4, -0.2) is 11.5 Å². The van der Waals surface area contributed by atoms with Crippen molar-refractivity contribution in [1.29, 1.82) is 0 Å². The molecule has 3 nitrogen and oxygen atoms in total. The Labute approximate surface area is 96.4 Å². The fraction of sp³-hybridized carbons (Fsp3) is 0.615. The highest BCUT2D eigenvalue weighted by Gasteiger charge is 2.20. The highest BCUT2D eigenvalue weighted by molar-refractivity contribution is 5.58. The number of aryl methyl sites for hydroxylation is 1. The number of hydrogen-bond donors (Lipinski definition) is 2. The summed E-state index contributed by atoms with van der Waals surface area (Å²) >= 11 is 0. The molecule has 0 unspecified atom stereocenters. The van der Waals surface area contributed by atoms with Gasteiger partial charge in [-0.25, -0.2) is 0 Å². The zero-order valence-corrected chi connectivity index (χ0v) is 9.68. The molecule has 0 aromatic carbocycles. The fourth-order valence-corrected chi connectivity index (χ4v) is 2.87. The summed E-state index contributed by atoms with van der Waals surface area (Å²) in [6, 6.07) is 0. The lowest BCUT2D eigenvalue weighted by atomic mass is 9.97. The Balaban J connectivity index is 2.12. The third-order valence-electron chi connectivity index (χ3n) is 3.80. The molecule has 1 aliphatic carbocycles. The molecule has 0 radical (unpaired) electrons. The van der Waals surface area contributed by atoms with Gasteiger partial charge in [0.15, 0.2) is 0 Å². The van der Waals surface area contributed by atoms with E-state index in [2.05, 4.69) is 5.32 Å². The number of nitrogen functional groups attached to an aromatic ring is 1. The molecule has 86 valence electrons. The van der Waals surface area contributed by atoms with E-state index in [1.54, 1.807) is 0 Å². The molecule has 0 saturated heterocycles. The minimum absolute atomic E-state index is 0.904. The zero-order chi connectivity index (χ0) is 11.0. The van der Waals surface area contributed by atoms with Crippen LogP contribution in [0.2, 0.25) is 0 Å². The molecule has 1 aromatic rings. The predicted octanol–water partition coefficient (Wildman–Crippen LogP) is 1.58. The molecule has 3 heteroatoms. The van der Waals surface area contributed by atoms with E-state index in [4.69, 9.17) is 10.7 Å². The number of aromatic nitrogens is 1. The van der Waals surface area contributed by atoms with Crippen molar-refractivity contribution < 1.29 is 0 Å². The highest BCUT2D eigenvalue weighted by atomic mass is 14.9. The van der Waals surface area contributed by atoms with E-state index in [1.165, 1.54) is 41.8 Å². The Morgan fingerprint density at radius 1 is 0.938 bits per heavy atom. The van der Waals surface area contributed by atoms with Crippen LogP contribution in [-0.2, 0) is 25.8 Å². The van der Waals surface area contributed by atoms with Crippen LogP contribution in [0.3, 0.4) is 0 Å². The summed E-state index contributed by atoms with van der Waals surface area (Å²) in [5, 5.41) is 3.38. The minimum atomic E-state index is 0.904. The second-order valence-electron chi connectivity index (χ2n) is 4.86. The molecule has 0 atom stereocenters. The average molecular weight is 217 g/mol. The van der Waals surface area contributed by atoms with Gasteiger partial charge in [-0.15, -0.1) is 0 Å². The monoisotopic (exact) mass is 217 g/mol. The van der Waals surface area contributed by atoms with E-state index < -0.39 is 0 Å². The second-order valence-corrected chi connectivity index (χ2v) is 4.86. The number of anilines is 1. The Bertz CT molecular complexity index is 412. The first kappa shape index (κ1) is 10.1. The van der Waals surface area contributed by atoms with Gasteiger partial charge in [-0.3, -0.25) is 4.98 Å². The Hall–Kier alpha value is -1.09. The number of rotatable bonds is 0. The van der Waals surface area contributed by atoms with Crippen LogP contribution < -0.4 is 11.1 Å². The van der Waals surface area contributed by atoms with Crippen LogP contribution >= 0.6 is 0 Å². The molecule has 3 N–H and O–H groups in total. The van der Waals surface area contributed by atoms with Gasteiger partial charge < -0.3 is 11.1 Å². The lowest BCUT2D eigenvalue weighted by Gasteiger charge is -2.22. The fourth-order valence-electron chi connectivity index (χ4n) is 2.87. The summed E-state index contributed by atoms with van der Waals surface area (Å²) in [5.41, 5.74) is 12.5. The molecule has 1 aliphatic heterocycles. The number of nitrogens with one attached hydrogen (secondary N) is 1. The molecule has 3 rings (SSSR count). The number of nitrogens with two attached hydrogens (primary N) is 1. The first-order valence-electron chi connectivity index (χ1n) is 6.36. The van der Waals surface area contributed by atoms with Crippen molar-refractivity contribution in [1.82, 2.24) is 10.3 Å². The van der Waals surface area contributed by atoms with Gasteiger partial charge in [0.2, 0.25) is 0 Å². The molecular weight excluding hydrogens is 198 g/mol. The highest BCUT2D eigenvalue weighted by Crippen LogP contribution is 2.29. The second kappa shape index (κ2) is 4.06. The topological polar surface area (TPSA) is 50.9 Å². The van der Waals surface area contributed by atoms with Crippen molar-refractivity contribution in [3.63, 3.8) is 0 Å². The molecule has 0 fully saturated rings. The summed E-state index contributed by atoms with van der Waals surface area (Å²) in [6.45, 7) is 1.94. The quantitative estimate of drug-likeness (QED) is 0.649. The molecule has 0 bridgehead atoms. The van der Waals surface area contributed by atoms with Gasteiger partial charge in [-0.05, 0) is 31.2 Å². The van der Waals surface area contributed by atoms with E-state index in [0.717, 1.165) is 38.0 Å². The third kappa shape index (κ3) is 1.59. The lowest BCUT2D eigenvalue weighted by molar-refractivity contribution is 0.627. The zero-order valence-electron chi connectivity index (χ0n) is 9.68. The summed E-state index contributed by atoms with van der Waals surface area (Å²) in [6.07, 6.45) is 7.15. The van der Waals surface area contributed by atoms with Crippen LogP contribution in [0, 0.1) is 0 Å². The van der Waals surface area contributed by atoms with Crippen molar-refractivity contribution in [2.75, 3.05) is 12.3 Å². The largest absolute Gasteiger partial charge is 0.398 e. The van der Waals surface area contributed by atoms with Gasteiger partial charge in [0.25, 0.3) is 0 Å². The predicted molar refractivity (Wildman–Crippen MR) is 65.3 cm³/mol. The maximum Gasteiger partial charge on any atom is 0.0485 e. The van der Waals surface area contributed by atoms with Gasteiger partial charge >= 0.3 is 0 Å². The van der Waals surface area contributed by atoms with Crippen molar-refractivity contribution in [3.8, 4) is 0 Å².